The molecule has 1 atom stereocenters. The minimum Gasteiger partial charge on any atom is -0.691 e. The van der Waals surface area contributed by atoms with E-state index in [0.29, 0.717) is 19.4 Å². The van der Waals surface area contributed by atoms with Crippen LogP contribution in [-0.2, 0) is 24.6 Å². The van der Waals surface area contributed by atoms with Crippen LogP contribution in [0.1, 0.15) is 46.5 Å². The SMILES string of the molecule is CC(C)(C)[Si](C)(C)OCCCCCCS(=O)c1c(F)c(F)c(SOO[O-])c(F)c1F. The fraction of sp³-hybridized carbons (Fsp3) is 0.667. The summed E-state index contributed by atoms with van der Waals surface area (Å²) in [5, 5.41) is 12.8. The van der Waals surface area contributed by atoms with Crippen LogP contribution in [0.25, 0.3) is 0 Å². The van der Waals surface area contributed by atoms with Gasteiger partial charge in [0.2, 0.25) is 0 Å². The molecule has 0 saturated carbocycles. The molecule has 0 N–H and O–H groups in total. The van der Waals surface area contributed by atoms with Crippen molar-refractivity contribution in [1.82, 2.24) is 0 Å². The first-order valence-electron chi connectivity index (χ1n) is 9.36. The lowest BCUT2D eigenvalue weighted by atomic mass is 10.2. The maximum atomic E-state index is 14.1. The van der Waals surface area contributed by atoms with Crippen LogP contribution in [0.15, 0.2) is 9.79 Å². The standard InChI is InChI=1S/C18H28F4O5S2Si/c1-18(2,3)30(4,5)25-10-8-6-7-9-11-29(24)17-14(21)12(19)16(28-27-26-23)13(20)15(17)22/h23H,6-11H2,1-5H3/p-1. The molecule has 0 spiro atoms. The summed E-state index contributed by atoms with van der Waals surface area (Å²) in [7, 11) is -4.08. The first-order valence-corrected chi connectivity index (χ1v) is 14.3. The third-order valence-corrected chi connectivity index (χ3v) is 11.7. The molecule has 174 valence electrons. The molecule has 1 aromatic carbocycles. The van der Waals surface area contributed by atoms with Crippen molar-refractivity contribution >= 4 is 31.2 Å². The van der Waals surface area contributed by atoms with Gasteiger partial charge in [0.05, 0.1) is 22.8 Å². The van der Waals surface area contributed by atoms with Crippen molar-refractivity contribution in [3.8, 4) is 0 Å². The first-order chi connectivity index (χ1) is 13.8. The molecule has 0 amide bonds. The van der Waals surface area contributed by atoms with E-state index in [2.05, 4.69) is 43.2 Å². The molecule has 0 aliphatic rings. The summed E-state index contributed by atoms with van der Waals surface area (Å²) in [4.78, 5) is -2.40. The van der Waals surface area contributed by atoms with Crippen LogP contribution in [0, 0.1) is 23.3 Å². The summed E-state index contributed by atoms with van der Waals surface area (Å²) in [6.07, 6.45) is 2.54. The highest BCUT2D eigenvalue weighted by Crippen LogP contribution is 2.36. The number of hydrogen-bond acceptors (Lipinski definition) is 6. The van der Waals surface area contributed by atoms with Crippen molar-refractivity contribution < 1.29 is 40.8 Å². The lowest BCUT2D eigenvalue weighted by Crippen LogP contribution is -2.40. The minimum absolute atomic E-state index is 0.116. The fourth-order valence-corrected chi connectivity index (χ4v) is 5.01. The fourth-order valence-electron chi connectivity index (χ4n) is 2.25. The van der Waals surface area contributed by atoms with Gasteiger partial charge in [-0.05, 0) is 31.0 Å². The molecule has 0 heterocycles. The Bertz CT molecular complexity index is 715. The van der Waals surface area contributed by atoms with E-state index in [1.54, 1.807) is 0 Å². The van der Waals surface area contributed by atoms with Crippen molar-refractivity contribution in [3.05, 3.63) is 23.3 Å². The lowest BCUT2D eigenvalue weighted by molar-refractivity contribution is -0.777. The smallest absolute Gasteiger partial charge is 0.191 e. The van der Waals surface area contributed by atoms with E-state index in [9.17, 15) is 27.0 Å². The summed E-state index contributed by atoms with van der Waals surface area (Å²) in [5.41, 5.74) is 0. The highest BCUT2D eigenvalue weighted by atomic mass is 32.2. The predicted molar refractivity (Wildman–Crippen MR) is 107 cm³/mol. The van der Waals surface area contributed by atoms with Gasteiger partial charge < -0.3 is 9.68 Å². The summed E-state index contributed by atoms with van der Waals surface area (Å²) in [6.45, 7) is 11.4. The Labute approximate surface area is 182 Å². The van der Waals surface area contributed by atoms with Gasteiger partial charge in [0.15, 0.2) is 31.6 Å². The van der Waals surface area contributed by atoms with Crippen LogP contribution in [-0.4, -0.2) is 24.9 Å². The summed E-state index contributed by atoms with van der Waals surface area (Å²) < 4.78 is 78.0. The maximum absolute atomic E-state index is 14.1. The third kappa shape index (κ3) is 7.28. The third-order valence-electron chi connectivity index (χ3n) is 5.05. The van der Waals surface area contributed by atoms with Crippen LogP contribution in [0.5, 0.6) is 0 Å². The molecule has 30 heavy (non-hydrogen) atoms. The van der Waals surface area contributed by atoms with Gasteiger partial charge in [0.25, 0.3) is 0 Å². The van der Waals surface area contributed by atoms with Gasteiger partial charge in [0.1, 0.15) is 9.79 Å². The normalized spacial score (nSPS) is 13.7. The Kier molecular flexibility index (Phi) is 10.9. The molecular formula is C18H27F4O5S2Si-. The minimum atomic E-state index is -2.27. The maximum Gasteiger partial charge on any atom is 0.191 e. The van der Waals surface area contributed by atoms with Crippen LogP contribution < -0.4 is 5.26 Å². The topological polar surface area (TPSA) is 67.8 Å². The Morgan fingerprint density at radius 3 is 2.00 bits per heavy atom. The van der Waals surface area contributed by atoms with Crippen LogP contribution in [0.4, 0.5) is 17.6 Å². The molecule has 0 aliphatic carbocycles. The molecule has 1 aromatic rings. The molecule has 1 unspecified atom stereocenters. The van der Waals surface area contributed by atoms with Crippen molar-refractivity contribution in [2.75, 3.05) is 12.4 Å². The van der Waals surface area contributed by atoms with Crippen LogP contribution in [0.3, 0.4) is 0 Å². The van der Waals surface area contributed by atoms with Gasteiger partial charge in [-0.2, -0.15) is 4.33 Å². The molecular weight excluding hydrogens is 464 g/mol. The Hall–Kier alpha value is -0.503. The zero-order chi connectivity index (χ0) is 23.1. The zero-order valence-electron chi connectivity index (χ0n) is 17.6. The number of rotatable bonds is 12. The average molecular weight is 492 g/mol. The molecule has 0 aliphatic heterocycles. The number of hydrogen-bond donors (Lipinski definition) is 0. The molecule has 0 bridgehead atoms. The molecule has 12 heteroatoms. The molecule has 0 fully saturated rings. The van der Waals surface area contributed by atoms with Gasteiger partial charge in [-0.15, -0.1) is 0 Å². The summed E-state index contributed by atoms with van der Waals surface area (Å²) in [5.74, 6) is -7.33. The summed E-state index contributed by atoms with van der Waals surface area (Å²) >= 11 is -0.318. The number of benzene rings is 1. The highest BCUT2D eigenvalue weighted by molar-refractivity contribution is 7.94. The van der Waals surface area contributed by atoms with Crippen molar-refractivity contribution in [3.63, 3.8) is 0 Å². The molecule has 0 radical (unpaired) electrons. The van der Waals surface area contributed by atoms with Gasteiger partial charge in [0, 0.05) is 12.4 Å². The van der Waals surface area contributed by atoms with Crippen LogP contribution >= 0.6 is 12.0 Å². The van der Waals surface area contributed by atoms with Crippen molar-refractivity contribution in [1.29, 1.82) is 0 Å². The van der Waals surface area contributed by atoms with Gasteiger partial charge in [-0.1, -0.05) is 33.6 Å². The Balaban J connectivity index is 2.57. The van der Waals surface area contributed by atoms with E-state index in [-0.39, 0.29) is 22.8 Å². The largest absolute Gasteiger partial charge is 0.691 e. The quantitative estimate of drug-likeness (QED) is 0.0765. The van der Waals surface area contributed by atoms with Gasteiger partial charge >= 0.3 is 0 Å². The monoisotopic (exact) mass is 491 g/mol. The molecule has 5 nitrogen and oxygen atoms in total. The predicted octanol–water partition coefficient (Wildman–Crippen LogP) is 5.16. The average Bonchev–Trinajstić information content (AvgIpc) is 2.65. The first kappa shape index (κ1) is 27.5. The Morgan fingerprint density at radius 2 is 1.50 bits per heavy atom. The van der Waals surface area contributed by atoms with E-state index in [4.69, 9.17) is 4.43 Å². The number of unbranched alkanes of at least 4 members (excludes halogenated alkanes) is 3. The van der Waals surface area contributed by atoms with Gasteiger partial charge in [-0.3, -0.25) is 9.25 Å². The second-order valence-electron chi connectivity index (χ2n) is 8.21. The van der Waals surface area contributed by atoms with E-state index in [0.717, 1.165) is 12.8 Å². The van der Waals surface area contributed by atoms with Gasteiger partial charge in [-0.25, -0.2) is 17.6 Å². The molecule has 0 aromatic heterocycles. The van der Waals surface area contributed by atoms with Crippen molar-refractivity contribution in [2.45, 2.75) is 74.4 Å². The molecule has 0 saturated heterocycles. The second-order valence-corrected chi connectivity index (χ2v) is 15.2. The zero-order valence-corrected chi connectivity index (χ0v) is 20.2. The summed E-state index contributed by atoms with van der Waals surface area (Å²) in [6, 6.07) is 0. The van der Waals surface area contributed by atoms with Crippen LogP contribution in [0.2, 0.25) is 18.1 Å². The highest BCUT2D eigenvalue weighted by Gasteiger charge is 2.36. The molecule has 1 rings (SSSR count). The van der Waals surface area contributed by atoms with E-state index in [1.807, 2.05) is 0 Å². The van der Waals surface area contributed by atoms with E-state index >= 15 is 0 Å². The van der Waals surface area contributed by atoms with Crippen molar-refractivity contribution in [2.24, 2.45) is 0 Å². The Morgan fingerprint density at radius 1 is 0.967 bits per heavy atom. The second kappa shape index (κ2) is 11.9. The van der Waals surface area contributed by atoms with E-state index in [1.165, 1.54) is 0 Å². The lowest BCUT2D eigenvalue weighted by Gasteiger charge is -2.36. The van der Waals surface area contributed by atoms with E-state index < -0.39 is 52.2 Å². The number of halogens is 4.